The van der Waals surface area contributed by atoms with Crippen LogP contribution in [0.5, 0.6) is 0 Å². The molecule has 0 radical (unpaired) electrons. The molecule has 0 aliphatic carbocycles. The molecule has 1 aromatic heterocycles. The van der Waals surface area contributed by atoms with Gasteiger partial charge in [0.1, 0.15) is 4.21 Å². The first-order valence-corrected chi connectivity index (χ1v) is 8.05. The molecule has 9 heteroatoms. The summed E-state index contributed by atoms with van der Waals surface area (Å²) in [7, 11) is -3.62. The highest BCUT2D eigenvalue weighted by molar-refractivity contribution is 9.11. The van der Waals surface area contributed by atoms with E-state index in [9.17, 15) is 13.2 Å². The summed E-state index contributed by atoms with van der Waals surface area (Å²) in [6, 6.07) is 1.39. The Morgan fingerprint density at radius 3 is 2.76 bits per heavy atom. The van der Waals surface area contributed by atoms with Gasteiger partial charge in [-0.2, -0.15) is 4.31 Å². The molecule has 17 heavy (non-hydrogen) atoms. The molecule has 0 unspecified atom stereocenters. The molecule has 0 spiro atoms. The zero-order chi connectivity index (χ0) is 12.6. The number of amides is 1. The van der Waals surface area contributed by atoms with E-state index in [1.807, 2.05) is 0 Å². The largest absolute Gasteiger partial charge is 0.354 e. The van der Waals surface area contributed by atoms with E-state index in [0.29, 0.717) is 15.4 Å². The Balaban J connectivity index is 2.32. The number of hydrogen-bond acceptors (Lipinski definition) is 4. The molecule has 1 saturated heterocycles. The lowest BCUT2D eigenvalue weighted by Crippen LogP contribution is -2.49. The van der Waals surface area contributed by atoms with Crippen molar-refractivity contribution in [2.75, 3.05) is 19.6 Å². The number of carbonyl (C=O) groups excluding carboxylic acids is 1. The van der Waals surface area contributed by atoms with Gasteiger partial charge in [0.25, 0.3) is 10.0 Å². The van der Waals surface area contributed by atoms with E-state index in [1.165, 1.54) is 6.07 Å². The molecular weight excluding hydrogens is 352 g/mol. The van der Waals surface area contributed by atoms with E-state index in [-0.39, 0.29) is 23.2 Å². The standard InChI is InChI=1S/C8H8BrClN2O3S2/c9-8-5(10)3-7(16-8)17(14,15)12-2-1-11-6(13)4-12/h3H,1-2,4H2,(H,11,13). The van der Waals surface area contributed by atoms with Gasteiger partial charge < -0.3 is 5.32 Å². The summed E-state index contributed by atoms with van der Waals surface area (Å²) in [5, 5.41) is 2.93. The van der Waals surface area contributed by atoms with Gasteiger partial charge in [0.05, 0.1) is 15.4 Å². The highest BCUT2D eigenvalue weighted by Gasteiger charge is 2.30. The predicted molar refractivity (Wildman–Crippen MR) is 68.8 cm³/mol. The molecule has 0 saturated carbocycles. The Kier molecular flexibility index (Phi) is 3.79. The van der Waals surface area contributed by atoms with Gasteiger partial charge in [-0.3, -0.25) is 4.79 Å². The van der Waals surface area contributed by atoms with Crippen LogP contribution < -0.4 is 5.32 Å². The number of halogens is 2. The molecule has 1 amide bonds. The summed E-state index contributed by atoms with van der Waals surface area (Å²) < 4.78 is 26.2. The van der Waals surface area contributed by atoms with Gasteiger partial charge in [0.15, 0.2) is 0 Å². The van der Waals surface area contributed by atoms with Gasteiger partial charge in [0.2, 0.25) is 5.91 Å². The van der Waals surface area contributed by atoms with Gasteiger partial charge in [-0.15, -0.1) is 11.3 Å². The molecule has 0 atom stereocenters. The van der Waals surface area contributed by atoms with Crippen molar-refractivity contribution in [1.29, 1.82) is 0 Å². The Bertz CT molecular complexity index is 538. The molecule has 1 fully saturated rings. The highest BCUT2D eigenvalue weighted by atomic mass is 79.9. The number of nitrogens with zero attached hydrogens (tertiary/aromatic N) is 1. The normalized spacial score (nSPS) is 18.1. The van der Waals surface area contributed by atoms with E-state index in [1.54, 1.807) is 0 Å². The van der Waals surface area contributed by atoms with E-state index >= 15 is 0 Å². The molecule has 1 aromatic rings. The highest BCUT2D eigenvalue weighted by Crippen LogP contribution is 2.35. The predicted octanol–water partition coefficient (Wildman–Crippen LogP) is 1.28. The van der Waals surface area contributed by atoms with Gasteiger partial charge in [-0.25, -0.2) is 8.42 Å². The molecule has 2 heterocycles. The van der Waals surface area contributed by atoms with Crippen molar-refractivity contribution in [3.63, 3.8) is 0 Å². The topological polar surface area (TPSA) is 66.5 Å². The maximum atomic E-state index is 12.2. The van der Waals surface area contributed by atoms with E-state index in [4.69, 9.17) is 11.6 Å². The minimum Gasteiger partial charge on any atom is -0.354 e. The molecule has 5 nitrogen and oxygen atoms in total. The first-order valence-electron chi connectivity index (χ1n) is 4.63. The van der Waals surface area contributed by atoms with Crippen molar-refractivity contribution < 1.29 is 13.2 Å². The van der Waals surface area contributed by atoms with Crippen LogP contribution in [0.25, 0.3) is 0 Å². The lowest BCUT2D eigenvalue weighted by molar-refractivity contribution is -0.122. The van der Waals surface area contributed by atoms with Crippen LogP contribution in [-0.2, 0) is 14.8 Å². The molecule has 2 rings (SSSR count). The molecule has 1 aliphatic rings. The third-order valence-electron chi connectivity index (χ3n) is 2.22. The maximum Gasteiger partial charge on any atom is 0.253 e. The zero-order valence-corrected chi connectivity index (χ0v) is 12.4. The summed E-state index contributed by atoms with van der Waals surface area (Å²) >= 11 is 10.0. The third kappa shape index (κ3) is 2.65. The number of carbonyl (C=O) groups is 1. The number of piperazine rings is 1. The van der Waals surface area contributed by atoms with Crippen molar-refractivity contribution in [1.82, 2.24) is 9.62 Å². The van der Waals surface area contributed by atoms with Gasteiger partial charge in [-0.1, -0.05) is 11.6 Å². The second-order valence-electron chi connectivity index (χ2n) is 3.38. The quantitative estimate of drug-likeness (QED) is 0.865. The van der Waals surface area contributed by atoms with E-state index < -0.39 is 10.0 Å². The SMILES string of the molecule is O=C1CN(S(=O)(=O)c2cc(Cl)c(Br)s2)CCN1. The van der Waals surface area contributed by atoms with Crippen LogP contribution >= 0.6 is 38.9 Å². The smallest absolute Gasteiger partial charge is 0.253 e. The Hall–Kier alpha value is -0.150. The monoisotopic (exact) mass is 358 g/mol. The summed E-state index contributed by atoms with van der Waals surface area (Å²) in [6.45, 7) is 0.467. The van der Waals surface area contributed by atoms with Crippen LogP contribution in [0.3, 0.4) is 0 Å². The molecule has 0 aromatic carbocycles. The lowest BCUT2D eigenvalue weighted by atomic mass is 10.4. The lowest BCUT2D eigenvalue weighted by Gasteiger charge is -2.25. The van der Waals surface area contributed by atoms with Crippen LogP contribution in [0, 0.1) is 0 Å². The van der Waals surface area contributed by atoms with Gasteiger partial charge >= 0.3 is 0 Å². The van der Waals surface area contributed by atoms with Gasteiger partial charge in [-0.05, 0) is 22.0 Å². The molecular formula is C8H8BrClN2O3S2. The molecule has 1 aliphatic heterocycles. The first kappa shape index (κ1) is 13.3. The zero-order valence-electron chi connectivity index (χ0n) is 8.44. The minimum absolute atomic E-state index is 0.143. The Morgan fingerprint density at radius 2 is 2.24 bits per heavy atom. The van der Waals surface area contributed by atoms with Crippen molar-refractivity contribution >= 4 is 54.8 Å². The fourth-order valence-electron chi connectivity index (χ4n) is 1.40. The summed E-state index contributed by atoms with van der Waals surface area (Å²) in [5.41, 5.74) is 0. The van der Waals surface area contributed by atoms with Crippen LogP contribution in [-0.4, -0.2) is 38.3 Å². The minimum atomic E-state index is -3.62. The Labute approximate surface area is 116 Å². The van der Waals surface area contributed by atoms with Crippen LogP contribution in [0.15, 0.2) is 14.1 Å². The average Bonchev–Trinajstić information content (AvgIpc) is 2.60. The van der Waals surface area contributed by atoms with Crippen LogP contribution in [0.4, 0.5) is 0 Å². The number of thiophene rings is 1. The van der Waals surface area contributed by atoms with Crippen molar-refractivity contribution in [2.24, 2.45) is 0 Å². The van der Waals surface area contributed by atoms with Crippen molar-refractivity contribution in [3.8, 4) is 0 Å². The molecule has 94 valence electrons. The summed E-state index contributed by atoms with van der Waals surface area (Å²) in [5.74, 6) is -0.290. The number of rotatable bonds is 2. The summed E-state index contributed by atoms with van der Waals surface area (Å²) in [6.07, 6.45) is 0. The van der Waals surface area contributed by atoms with E-state index in [2.05, 4.69) is 21.2 Å². The third-order valence-corrected chi connectivity index (χ3v) is 6.99. The van der Waals surface area contributed by atoms with Gasteiger partial charge in [0, 0.05) is 13.1 Å². The second-order valence-corrected chi connectivity index (χ2v) is 8.32. The van der Waals surface area contributed by atoms with Crippen LogP contribution in [0.1, 0.15) is 0 Å². The van der Waals surface area contributed by atoms with E-state index in [0.717, 1.165) is 15.6 Å². The van der Waals surface area contributed by atoms with Crippen molar-refractivity contribution in [3.05, 3.63) is 14.9 Å². The number of nitrogens with one attached hydrogen (secondary N) is 1. The second kappa shape index (κ2) is 4.85. The average molecular weight is 360 g/mol. The Morgan fingerprint density at radius 1 is 1.53 bits per heavy atom. The first-order chi connectivity index (χ1) is 7.91. The molecule has 1 N–H and O–H groups in total. The molecule has 0 bridgehead atoms. The number of hydrogen-bond donors (Lipinski definition) is 1. The van der Waals surface area contributed by atoms with Crippen molar-refractivity contribution in [2.45, 2.75) is 4.21 Å². The fraction of sp³-hybridized carbons (Fsp3) is 0.375. The summed E-state index contributed by atoms with van der Waals surface area (Å²) in [4.78, 5) is 11.2. The maximum absolute atomic E-state index is 12.2. The van der Waals surface area contributed by atoms with Crippen LogP contribution in [0.2, 0.25) is 5.02 Å². The number of sulfonamides is 1. The fourth-order valence-corrected chi connectivity index (χ4v) is 5.35.